The van der Waals surface area contributed by atoms with Gasteiger partial charge in [-0.25, -0.2) is 4.39 Å². The van der Waals surface area contributed by atoms with E-state index in [0.717, 1.165) is 19.4 Å². The molecule has 1 fully saturated rings. The molecule has 1 saturated heterocycles. The number of rotatable bonds is 4. The number of carbonyl (C=O) groups excluding carboxylic acids is 1. The molecule has 0 spiro atoms. The molecule has 18 heavy (non-hydrogen) atoms. The van der Waals surface area contributed by atoms with Crippen LogP contribution in [-0.2, 0) is 11.3 Å². The first-order chi connectivity index (χ1) is 8.58. The summed E-state index contributed by atoms with van der Waals surface area (Å²) in [6.07, 6.45) is 2.64. The number of nitrogens with zero attached hydrogens (tertiary/aromatic N) is 1. The van der Waals surface area contributed by atoms with E-state index in [1.165, 1.54) is 0 Å². The maximum Gasteiger partial charge on any atom is 0.146 e. The number of ketones is 1. The van der Waals surface area contributed by atoms with Crippen LogP contribution >= 0.6 is 11.6 Å². The zero-order chi connectivity index (χ0) is 13.1. The topological polar surface area (TPSA) is 20.3 Å². The van der Waals surface area contributed by atoms with E-state index in [1.54, 1.807) is 25.1 Å². The second-order valence-corrected chi connectivity index (χ2v) is 5.29. The highest BCUT2D eigenvalue weighted by molar-refractivity contribution is 6.30. The van der Waals surface area contributed by atoms with Gasteiger partial charge < -0.3 is 0 Å². The van der Waals surface area contributed by atoms with Crippen LogP contribution in [0.25, 0.3) is 0 Å². The van der Waals surface area contributed by atoms with Crippen LogP contribution in [0.5, 0.6) is 0 Å². The Morgan fingerprint density at radius 1 is 1.56 bits per heavy atom. The Hall–Kier alpha value is -0.930. The largest absolute Gasteiger partial charge is 0.300 e. The van der Waals surface area contributed by atoms with Crippen LogP contribution in [0.1, 0.15) is 31.7 Å². The molecule has 2 nitrogen and oxygen atoms in total. The summed E-state index contributed by atoms with van der Waals surface area (Å²) < 4.78 is 13.8. The normalized spacial score (nSPS) is 20.3. The highest BCUT2D eigenvalue weighted by atomic mass is 35.5. The van der Waals surface area contributed by atoms with Crippen LogP contribution < -0.4 is 0 Å². The van der Waals surface area contributed by atoms with Gasteiger partial charge in [-0.1, -0.05) is 23.7 Å². The number of benzene rings is 1. The van der Waals surface area contributed by atoms with Crippen LogP contribution in [0, 0.1) is 5.82 Å². The van der Waals surface area contributed by atoms with Gasteiger partial charge in [0.15, 0.2) is 0 Å². The van der Waals surface area contributed by atoms with Crippen molar-refractivity contribution in [3.05, 3.63) is 34.6 Å². The van der Waals surface area contributed by atoms with Crippen LogP contribution in [-0.4, -0.2) is 23.3 Å². The highest BCUT2D eigenvalue weighted by Crippen LogP contribution is 2.25. The van der Waals surface area contributed by atoms with Gasteiger partial charge in [0, 0.05) is 24.6 Å². The van der Waals surface area contributed by atoms with E-state index < -0.39 is 0 Å². The average Bonchev–Trinajstić information content (AvgIpc) is 2.72. The Labute approximate surface area is 112 Å². The third-order valence-corrected chi connectivity index (χ3v) is 3.72. The molecule has 1 unspecified atom stereocenters. The van der Waals surface area contributed by atoms with Crippen molar-refractivity contribution in [2.75, 3.05) is 6.54 Å². The fourth-order valence-electron chi connectivity index (χ4n) is 2.56. The van der Waals surface area contributed by atoms with Crippen LogP contribution in [0.2, 0.25) is 5.02 Å². The average molecular weight is 270 g/mol. The molecule has 0 radical (unpaired) electrons. The summed E-state index contributed by atoms with van der Waals surface area (Å²) in [7, 11) is 0. The molecule has 98 valence electrons. The lowest BCUT2D eigenvalue weighted by atomic mass is 10.1. The van der Waals surface area contributed by atoms with Gasteiger partial charge in [-0.3, -0.25) is 9.69 Å². The zero-order valence-corrected chi connectivity index (χ0v) is 11.2. The van der Waals surface area contributed by atoms with Crippen molar-refractivity contribution in [3.8, 4) is 0 Å². The van der Waals surface area contributed by atoms with Crippen LogP contribution in [0.15, 0.2) is 18.2 Å². The number of likely N-dealkylation sites (tertiary alicyclic amines) is 1. The molecule has 0 bridgehead atoms. The SMILES string of the molecule is CC(=O)CC1CCCN1Cc1cccc(Cl)c1F. The molecular formula is C14H17ClFNO. The molecule has 2 rings (SSSR count). The summed E-state index contributed by atoms with van der Waals surface area (Å²) in [6.45, 7) is 3.06. The minimum atomic E-state index is -0.340. The highest BCUT2D eigenvalue weighted by Gasteiger charge is 2.26. The van der Waals surface area contributed by atoms with Crippen molar-refractivity contribution in [2.24, 2.45) is 0 Å². The van der Waals surface area contributed by atoms with Crippen molar-refractivity contribution in [1.82, 2.24) is 4.90 Å². The molecule has 0 aromatic heterocycles. The third-order valence-electron chi connectivity index (χ3n) is 3.43. The van der Waals surface area contributed by atoms with E-state index in [9.17, 15) is 9.18 Å². The number of hydrogen-bond donors (Lipinski definition) is 0. The first-order valence-electron chi connectivity index (χ1n) is 6.24. The van der Waals surface area contributed by atoms with Crippen LogP contribution in [0.4, 0.5) is 4.39 Å². The first kappa shape index (κ1) is 13.5. The van der Waals surface area contributed by atoms with E-state index in [2.05, 4.69) is 4.90 Å². The van der Waals surface area contributed by atoms with Gasteiger partial charge in [-0.15, -0.1) is 0 Å². The molecule has 4 heteroatoms. The lowest BCUT2D eigenvalue weighted by Crippen LogP contribution is -2.30. The van der Waals surface area contributed by atoms with Crippen molar-refractivity contribution in [2.45, 2.75) is 38.8 Å². The van der Waals surface area contributed by atoms with Crippen molar-refractivity contribution < 1.29 is 9.18 Å². The lowest BCUT2D eigenvalue weighted by molar-refractivity contribution is -0.118. The molecule has 1 aromatic carbocycles. The molecule has 1 aliphatic heterocycles. The third kappa shape index (κ3) is 3.09. The maximum absolute atomic E-state index is 13.8. The first-order valence-corrected chi connectivity index (χ1v) is 6.62. The standard InChI is InChI=1S/C14H17ClFNO/c1-10(18)8-12-5-3-7-17(12)9-11-4-2-6-13(15)14(11)16/h2,4,6,12H,3,5,7-9H2,1H3. The predicted molar refractivity (Wildman–Crippen MR) is 70.1 cm³/mol. The summed E-state index contributed by atoms with van der Waals surface area (Å²) in [5, 5.41) is 0.162. The number of Topliss-reactive ketones (excluding diaryl/α,β-unsaturated/α-hetero) is 1. The fourth-order valence-corrected chi connectivity index (χ4v) is 2.75. The fraction of sp³-hybridized carbons (Fsp3) is 0.500. The van der Waals surface area contributed by atoms with Gasteiger partial charge in [-0.05, 0) is 32.4 Å². The Kier molecular flexibility index (Phi) is 4.36. The molecular weight excluding hydrogens is 253 g/mol. The van der Waals surface area contributed by atoms with E-state index in [4.69, 9.17) is 11.6 Å². The summed E-state index contributed by atoms with van der Waals surface area (Å²) in [6, 6.07) is 5.32. The van der Waals surface area contributed by atoms with E-state index in [0.29, 0.717) is 18.5 Å². The summed E-state index contributed by atoms with van der Waals surface area (Å²) >= 11 is 5.77. The Morgan fingerprint density at radius 3 is 3.06 bits per heavy atom. The Bertz CT molecular complexity index is 449. The minimum absolute atomic E-state index is 0.162. The molecule has 1 atom stereocenters. The monoisotopic (exact) mass is 269 g/mol. The van der Waals surface area contributed by atoms with Gasteiger partial charge >= 0.3 is 0 Å². The molecule has 1 aliphatic rings. The van der Waals surface area contributed by atoms with Gasteiger partial charge in [-0.2, -0.15) is 0 Å². The minimum Gasteiger partial charge on any atom is -0.300 e. The van der Waals surface area contributed by atoms with Gasteiger partial charge in [0.1, 0.15) is 11.6 Å². The molecule has 1 heterocycles. The van der Waals surface area contributed by atoms with Crippen LogP contribution in [0.3, 0.4) is 0 Å². The molecule has 0 amide bonds. The van der Waals surface area contributed by atoms with E-state index in [1.807, 2.05) is 0 Å². The molecule has 0 saturated carbocycles. The van der Waals surface area contributed by atoms with Crippen molar-refractivity contribution in [3.63, 3.8) is 0 Å². The zero-order valence-electron chi connectivity index (χ0n) is 10.5. The van der Waals surface area contributed by atoms with Crippen molar-refractivity contribution >= 4 is 17.4 Å². The quantitative estimate of drug-likeness (QED) is 0.835. The predicted octanol–water partition coefficient (Wildman–Crippen LogP) is 3.42. The van der Waals surface area contributed by atoms with Gasteiger partial charge in [0.25, 0.3) is 0 Å². The Morgan fingerprint density at radius 2 is 2.33 bits per heavy atom. The summed E-state index contributed by atoms with van der Waals surface area (Å²) in [5.41, 5.74) is 0.609. The number of halogens is 2. The molecule has 0 aliphatic carbocycles. The van der Waals surface area contributed by atoms with Crippen molar-refractivity contribution in [1.29, 1.82) is 0 Å². The van der Waals surface area contributed by atoms with Gasteiger partial charge in [0.2, 0.25) is 0 Å². The van der Waals surface area contributed by atoms with E-state index in [-0.39, 0.29) is 22.7 Å². The maximum atomic E-state index is 13.8. The second kappa shape index (κ2) is 5.81. The summed E-state index contributed by atoms with van der Waals surface area (Å²) in [5.74, 6) is -0.147. The smallest absolute Gasteiger partial charge is 0.146 e. The summed E-state index contributed by atoms with van der Waals surface area (Å²) in [4.78, 5) is 13.4. The molecule has 0 N–H and O–H groups in total. The van der Waals surface area contributed by atoms with Gasteiger partial charge in [0.05, 0.1) is 5.02 Å². The number of hydrogen-bond acceptors (Lipinski definition) is 2. The number of carbonyl (C=O) groups is 1. The second-order valence-electron chi connectivity index (χ2n) is 4.89. The van der Waals surface area contributed by atoms with E-state index >= 15 is 0 Å². The molecule has 1 aromatic rings. The Balaban J connectivity index is 2.08. The lowest BCUT2D eigenvalue weighted by Gasteiger charge is -2.23.